The number of halogens is 1. The van der Waals surface area contributed by atoms with E-state index in [0.717, 1.165) is 22.3 Å². The first-order valence-electron chi connectivity index (χ1n) is 12.5. The predicted molar refractivity (Wildman–Crippen MR) is 140 cm³/mol. The largest absolute Gasteiger partial charge is 0.394 e. The first kappa shape index (κ1) is 26.0. The molecule has 0 saturated carbocycles. The van der Waals surface area contributed by atoms with Gasteiger partial charge in [-0.05, 0) is 54.4 Å². The zero-order chi connectivity index (χ0) is 25.7. The number of amides is 1. The Morgan fingerprint density at radius 3 is 2.47 bits per heavy atom. The molecule has 190 valence electrons. The molecule has 0 unspecified atom stereocenters. The van der Waals surface area contributed by atoms with Crippen molar-refractivity contribution in [2.75, 3.05) is 26.7 Å². The van der Waals surface area contributed by atoms with E-state index in [1.54, 1.807) is 17.0 Å². The van der Waals surface area contributed by atoms with Crippen molar-refractivity contribution in [2.24, 2.45) is 5.92 Å². The third kappa shape index (κ3) is 6.01. The Labute approximate surface area is 213 Å². The van der Waals surface area contributed by atoms with Crippen molar-refractivity contribution in [3.8, 4) is 11.1 Å². The van der Waals surface area contributed by atoms with Gasteiger partial charge in [-0.1, -0.05) is 61.5 Å². The molecular formula is C30H35FN2O3. The van der Waals surface area contributed by atoms with Crippen molar-refractivity contribution in [3.63, 3.8) is 0 Å². The summed E-state index contributed by atoms with van der Waals surface area (Å²) in [6.45, 7) is 5.89. The first-order chi connectivity index (χ1) is 17.4. The maximum atomic E-state index is 13.9. The Morgan fingerprint density at radius 1 is 1.06 bits per heavy atom. The number of hydrogen-bond acceptors (Lipinski definition) is 4. The highest BCUT2D eigenvalue weighted by Crippen LogP contribution is 2.31. The summed E-state index contributed by atoms with van der Waals surface area (Å²) in [5.41, 5.74) is 4.38. The van der Waals surface area contributed by atoms with Gasteiger partial charge in [0.25, 0.3) is 5.91 Å². The van der Waals surface area contributed by atoms with Gasteiger partial charge >= 0.3 is 0 Å². The second-order valence-corrected chi connectivity index (χ2v) is 9.85. The average Bonchev–Trinajstić information content (AvgIpc) is 2.89. The van der Waals surface area contributed by atoms with E-state index in [4.69, 9.17) is 4.74 Å². The van der Waals surface area contributed by atoms with Crippen LogP contribution in [-0.4, -0.2) is 59.7 Å². The molecule has 0 saturated heterocycles. The molecule has 4 rings (SSSR count). The lowest BCUT2D eigenvalue weighted by atomic mass is 9.94. The van der Waals surface area contributed by atoms with Crippen LogP contribution in [0.3, 0.4) is 0 Å². The molecule has 5 nitrogen and oxygen atoms in total. The lowest BCUT2D eigenvalue weighted by Crippen LogP contribution is -2.47. The van der Waals surface area contributed by atoms with Crippen LogP contribution in [0.1, 0.15) is 35.3 Å². The summed E-state index contributed by atoms with van der Waals surface area (Å²) in [6, 6.07) is 22.0. The molecule has 0 bridgehead atoms. The smallest absolute Gasteiger partial charge is 0.254 e. The quantitative estimate of drug-likeness (QED) is 0.529. The van der Waals surface area contributed by atoms with E-state index < -0.39 is 0 Å². The van der Waals surface area contributed by atoms with E-state index in [1.807, 2.05) is 68.6 Å². The van der Waals surface area contributed by atoms with Crippen LogP contribution in [0.25, 0.3) is 11.1 Å². The summed E-state index contributed by atoms with van der Waals surface area (Å²) in [6.07, 6.45) is -0.181. The minimum Gasteiger partial charge on any atom is -0.394 e. The molecule has 0 spiro atoms. The number of fused-ring (bicyclic) bond motifs is 3. The maximum Gasteiger partial charge on any atom is 0.254 e. The standard InChI is InChI=1S/C30H35FN2O3/c1-21-16-33(22(2)19-34)30(35)28-14-7-6-13-27(28)26-12-5-4-10-24(26)20-36-29(21)18-32(3)17-23-9-8-11-25(31)15-23/h4-15,21-22,29,34H,16-20H2,1-3H3/t21-,22-,29+/m0/s1. The van der Waals surface area contributed by atoms with Crippen molar-refractivity contribution in [3.05, 3.63) is 95.3 Å². The lowest BCUT2D eigenvalue weighted by molar-refractivity contribution is -0.0241. The molecular weight excluding hydrogens is 455 g/mol. The topological polar surface area (TPSA) is 53.0 Å². The fourth-order valence-electron chi connectivity index (χ4n) is 4.87. The third-order valence-electron chi connectivity index (χ3n) is 6.93. The van der Waals surface area contributed by atoms with Gasteiger partial charge in [0.15, 0.2) is 0 Å². The van der Waals surface area contributed by atoms with Crippen molar-refractivity contribution in [1.82, 2.24) is 9.80 Å². The molecule has 3 atom stereocenters. The van der Waals surface area contributed by atoms with Crippen molar-refractivity contribution in [2.45, 2.75) is 39.1 Å². The van der Waals surface area contributed by atoms with Gasteiger partial charge in [0.2, 0.25) is 0 Å². The monoisotopic (exact) mass is 490 g/mol. The van der Waals surface area contributed by atoms with Gasteiger partial charge in [-0.3, -0.25) is 9.69 Å². The van der Waals surface area contributed by atoms with Crippen molar-refractivity contribution < 1.29 is 19.0 Å². The summed E-state index contributed by atoms with van der Waals surface area (Å²) in [7, 11) is 2.00. The number of carbonyl (C=O) groups excluding carboxylic acids is 1. The molecule has 0 fully saturated rings. The predicted octanol–water partition coefficient (Wildman–Crippen LogP) is 4.98. The number of ether oxygens (including phenoxy) is 1. The zero-order valence-electron chi connectivity index (χ0n) is 21.2. The van der Waals surface area contributed by atoms with Crippen LogP contribution >= 0.6 is 0 Å². The molecule has 0 aliphatic carbocycles. The van der Waals surface area contributed by atoms with Gasteiger partial charge in [-0.2, -0.15) is 0 Å². The van der Waals surface area contributed by atoms with Crippen LogP contribution < -0.4 is 0 Å². The maximum absolute atomic E-state index is 13.9. The number of aliphatic hydroxyl groups excluding tert-OH is 1. The van der Waals surface area contributed by atoms with Crippen LogP contribution in [0.4, 0.5) is 4.39 Å². The highest BCUT2D eigenvalue weighted by atomic mass is 19.1. The second kappa shape index (κ2) is 11.8. The second-order valence-electron chi connectivity index (χ2n) is 9.85. The fraction of sp³-hybridized carbons (Fsp3) is 0.367. The number of benzene rings is 3. The van der Waals surface area contributed by atoms with Crippen LogP contribution in [0.2, 0.25) is 0 Å². The molecule has 0 radical (unpaired) electrons. The lowest BCUT2D eigenvalue weighted by Gasteiger charge is -2.35. The molecule has 1 N–H and O–H groups in total. The Bertz CT molecular complexity index is 1180. The molecule has 1 amide bonds. The van der Waals surface area contributed by atoms with Crippen LogP contribution in [0.5, 0.6) is 0 Å². The van der Waals surface area contributed by atoms with Gasteiger partial charge in [-0.25, -0.2) is 4.39 Å². The van der Waals surface area contributed by atoms with E-state index in [1.165, 1.54) is 6.07 Å². The highest BCUT2D eigenvalue weighted by molar-refractivity contribution is 6.01. The number of likely N-dealkylation sites (N-methyl/N-ethyl adjacent to an activating group) is 1. The van der Waals surface area contributed by atoms with Crippen LogP contribution in [0, 0.1) is 11.7 Å². The molecule has 6 heteroatoms. The minimum absolute atomic E-state index is 0.00432. The molecule has 36 heavy (non-hydrogen) atoms. The van der Waals surface area contributed by atoms with E-state index in [2.05, 4.69) is 11.8 Å². The summed E-state index contributed by atoms with van der Waals surface area (Å²) in [4.78, 5) is 17.7. The number of carbonyl (C=O) groups is 1. The third-order valence-corrected chi connectivity index (χ3v) is 6.93. The Morgan fingerprint density at radius 2 is 1.75 bits per heavy atom. The highest BCUT2D eigenvalue weighted by Gasteiger charge is 2.30. The van der Waals surface area contributed by atoms with Crippen LogP contribution in [-0.2, 0) is 17.9 Å². The zero-order valence-corrected chi connectivity index (χ0v) is 21.2. The van der Waals surface area contributed by atoms with Gasteiger partial charge in [-0.15, -0.1) is 0 Å². The van der Waals surface area contributed by atoms with Gasteiger partial charge in [0, 0.05) is 31.1 Å². The van der Waals surface area contributed by atoms with Crippen molar-refractivity contribution >= 4 is 5.91 Å². The normalized spacial score (nSPS) is 19.4. The SMILES string of the molecule is C[C@H]1CN([C@@H](C)CO)C(=O)c2ccccc2-c2ccccc2CO[C@@H]1CN(C)Cc1cccc(F)c1. The summed E-state index contributed by atoms with van der Waals surface area (Å²) >= 11 is 0. The van der Waals surface area contributed by atoms with Gasteiger partial charge in [0.05, 0.1) is 25.4 Å². The average molecular weight is 491 g/mol. The Hall–Kier alpha value is -3.06. The summed E-state index contributed by atoms with van der Waals surface area (Å²) < 4.78 is 20.2. The molecule has 3 aromatic rings. The Balaban J connectivity index is 1.67. The van der Waals surface area contributed by atoms with E-state index in [0.29, 0.717) is 31.8 Å². The van der Waals surface area contributed by atoms with E-state index in [-0.39, 0.29) is 36.4 Å². The number of hydrogen-bond donors (Lipinski definition) is 1. The van der Waals surface area contributed by atoms with Crippen LogP contribution in [0.15, 0.2) is 72.8 Å². The number of aliphatic hydroxyl groups is 1. The molecule has 3 aromatic carbocycles. The molecule has 1 aliphatic heterocycles. The molecule has 0 aromatic heterocycles. The molecule has 1 heterocycles. The van der Waals surface area contributed by atoms with Gasteiger partial charge in [0.1, 0.15) is 5.82 Å². The number of rotatable bonds is 6. The first-order valence-corrected chi connectivity index (χ1v) is 12.5. The summed E-state index contributed by atoms with van der Waals surface area (Å²) in [5, 5.41) is 9.97. The van der Waals surface area contributed by atoms with E-state index >= 15 is 0 Å². The van der Waals surface area contributed by atoms with Crippen molar-refractivity contribution in [1.29, 1.82) is 0 Å². The Kier molecular flexibility index (Phi) is 8.52. The molecule has 1 aliphatic rings. The fourth-order valence-corrected chi connectivity index (χ4v) is 4.87. The van der Waals surface area contributed by atoms with E-state index in [9.17, 15) is 14.3 Å². The van der Waals surface area contributed by atoms with Gasteiger partial charge < -0.3 is 14.7 Å². The summed E-state index contributed by atoms with van der Waals surface area (Å²) in [5.74, 6) is -0.346. The number of nitrogens with zero attached hydrogens (tertiary/aromatic N) is 2. The minimum atomic E-state index is -0.338.